The van der Waals surface area contributed by atoms with Crippen LogP contribution in [-0.2, 0) is 32.3 Å². The highest BCUT2D eigenvalue weighted by Crippen LogP contribution is 2.38. The van der Waals surface area contributed by atoms with Crippen LogP contribution in [0.25, 0.3) is 0 Å². The van der Waals surface area contributed by atoms with Crippen LogP contribution < -0.4 is 14.4 Å². The molecule has 2 amide bonds. The zero-order valence-corrected chi connectivity index (χ0v) is 27.4. The molecule has 4 rings (SSSR count). The van der Waals surface area contributed by atoms with Crippen LogP contribution in [0.2, 0.25) is 5.02 Å². The van der Waals surface area contributed by atoms with Crippen molar-refractivity contribution in [1.29, 1.82) is 0 Å². The highest BCUT2D eigenvalue weighted by Gasteiger charge is 2.37. The molecule has 1 saturated carbocycles. The van der Waals surface area contributed by atoms with Gasteiger partial charge in [0.1, 0.15) is 18.3 Å². The van der Waals surface area contributed by atoms with Gasteiger partial charge in [-0.3, -0.25) is 13.9 Å². The third-order valence-corrected chi connectivity index (χ3v) is 10.1. The Bertz CT molecular complexity index is 1630. The molecule has 0 heterocycles. The zero-order chi connectivity index (χ0) is 33.6. The Labute approximate surface area is 272 Å². The van der Waals surface area contributed by atoms with Gasteiger partial charge in [0, 0.05) is 12.6 Å². The number of sulfonamides is 1. The minimum absolute atomic E-state index is 0.0345. The van der Waals surface area contributed by atoms with Crippen molar-refractivity contribution in [2.45, 2.75) is 75.7 Å². The number of methoxy groups -OCH3 is 1. The molecule has 8 nitrogen and oxygen atoms in total. The maximum Gasteiger partial charge on any atom is 0.417 e. The van der Waals surface area contributed by atoms with Crippen molar-refractivity contribution in [3.8, 4) is 5.75 Å². The Morgan fingerprint density at radius 2 is 1.65 bits per heavy atom. The average Bonchev–Trinajstić information content (AvgIpc) is 3.53. The lowest BCUT2D eigenvalue weighted by Crippen LogP contribution is -2.53. The van der Waals surface area contributed by atoms with Gasteiger partial charge in [-0.25, -0.2) is 8.42 Å². The van der Waals surface area contributed by atoms with E-state index in [0.29, 0.717) is 21.7 Å². The van der Waals surface area contributed by atoms with E-state index < -0.39 is 51.0 Å². The molecular formula is C33H37ClF3N3O5S. The quantitative estimate of drug-likeness (QED) is 0.229. The van der Waals surface area contributed by atoms with E-state index in [1.165, 1.54) is 24.1 Å². The summed E-state index contributed by atoms with van der Waals surface area (Å²) in [5.74, 6) is -0.579. The van der Waals surface area contributed by atoms with Crippen molar-refractivity contribution in [3.63, 3.8) is 0 Å². The number of aryl methyl sites for hydroxylation is 1. The number of hydrogen-bond donors (Lipinski definition) is 1. The molecule has 1 aliphatic carbocycles. The van der Waals surface area contributed by atoms with E-state index in [1.54, 1.807) is 50.2 Å². The molecule has 0 saturated heterocycles. The minimum atomic E-state index is -4.89. The number of nitrogens with one attached hydrogen (secondary N) is 1. The summed E-state index contributed by atoms with van der Waals surface area (Å²) in [6, 6.07) is 14.2. The topological polar surface area (TPSA) is 96.0 Å². The predicted molar refractivity (Wildman–Crippen MR) is 170 cm³/mol. The van der Waals surface area contributed by atoms with Crippen molar-refractivity contribution >= 4 is 39.1 Å². The third-order valence-electron chi connectivity index (χ3n) is 8.03. The lowest BCUT2D eigenvalue weighted by atomic mass is 10.1. The number of carbonyl (C=O) groups excluding carboxylic acids is 2. The number of benzene rings is 3. The van der Waals surface area contributed by atoms with E-state index in [-0.39, 0.29) is 29.8 Å². The Morgan fingerprint density at radius 3 is 2.22 bits per heavy atom. The molecule has 1 aliphatic rings. The Balaban J connectivity index is 1.78. The van der Waals surface area contributed by atoms with Crippen molar-refractivity contribution in [1.82, 2.24) is 10.2 Å². The summed E-state index contributed by atoms with van der Waals surface area (Å²) in [5, 5.41) is 2.40. The van der Waals surface area contributed by atoms with E-state index in [2.05, 4.69) is 5.32 Å². The van der Waals surface area contributed by atoms with E-state index in [9.17, 15) is 31.2 Å². The zero-order valence-electron chi connectivity index (χ0n) is 25.8. The number of alkyl halides is 3. The molecule has 0 unspecified atom stereocenters. The van der Waals surface area contributed by atoms with Crippen LogP contribution in [0.15, 0.2) is 71.6 Å². The van der Waals surface area contributed by atoms with Gasteiger partial charge in [-0.1, -0.05) is 61.2 Å². The predicted octanol–water partition coefficient (Wildman–Crippen LogP) is 6.74. The largest absolute Gasteiger partial charge is 0.497 e. The van der Waals surface area contributed by atoms with Crippen LogP contribution in [0.4, 0.5) is 18.9 Å². The van der Waals surface area contributed by atoms with Gasteiger partial charge in [-0.05, 0) is 74.2 Å². The molecule has 3 aromatic rings. The monoisotopic (exact) mass is 679 g/mol. The second-order valence-corrected chi connectivity index (χ2v) is 13.5. The van der Waals surface area contributed by atoms with E-state index in [1.807, 2.05) is 0 Å². The first-order chi connectivity index (χ1) is 21.7. The van der Waals surface area contributed by atoms with Gasteiger partial charge in [-0.2, -0.15) is 13.2 Å². The van der Waals surface area contributed by atoms with Crippen LogP contribution >= 0.6 is 11.6 Å². The van der Waals surface area contributed by atoms with Gasteiger partial charge in [0.2, 0.25) is 11.8 Å². The van der Waals surface area contributed by atoms with Crippen LogP contribution in [0.5, 0.6) is 5.75 Å². The highest BCUT2D eigenvalue weighted by molar-refractivity contribution is 7.92. The van der Waals surface area contributed by atoms with Crippen molar-refractivity contribution < 1.29 is 35.9 Å². The summed E-state index contributed by atoms with van der Waals surface area (Å²) in [4.78, 5) is 28.9. The summed E-state index contributed by atoms with van der Waals surface area (Å²) in [6.07, 6.45) is -1.09. The number of amides is 2. The first-order valence-corrected chi connectivity index (χ1v) is 16.7. The SMILES string of the molecule is CC[C@H](C(=O)NC1CCCC1)N(Cc1ccc(OC)cc1)C(=O)CN(c1ccc(Cl)c(C(F)(F)F)c1)S(=O)(=O)c1ccc(C)cc1. The number of ether oxygens (including phenoxy) is 1. The van der Waals surface area contributed by atoms with Crippen molar-refractivity contribution in [2.75, 3.05) is 18.0 Å². The number of anilines is 1. The van der Waals surface area contributed by atoms with Crippen molar-refractivity contribution in [2.24, 2.45) is 0 Å². The summed E-state index contributed by atoms with van der Waals surface area (Å²) in [5.41, 5.74) is -0.253. The number of hydrogen-bond acceptors (Lipinski definition) is 5. The Hall–Kier alpha value is -3.77. The number of rotatable bonds is 12. The molecular weight excluding hydrogens is 643 g/mol. The third kappa shape index (κ3) is 8.33. The lowest BCUT2D eigenvalue weighted by Gasteiger charge is -2.34. The van der Waals surface area contributed by atoms with Gasteiger partial charge < -0.3 is 15.0 Å². The van der Waals surface area contributed by atoms with E-state index in [4.69, 9.17) is 16.3 Å². The minimum Gasteiger partial charge on any atom is -0.497 e. The van der Waals surface area contributed by atoms with Gasteiger partial charge in [0.15, 0.2) is 0 Å². The molecule has 13 heteroatoms. The highest BCUT2D eigenvalue weighted by atomic mass is 35.5. The van der Waals surface area contributed by atoms with Gasteiger partial charge in [0.05, 0.1) is 28.3 Å². The Kier molecular flexibility index (Phi) is 11.3. The number of halogens is 4. The second-order valence-electron chi connectivity index (χ2n) is 11.3. The molecule has 46 heavy (non-hydrogen) atoms. The van der Waals surface area contributed by atoms with Crippen molar-refractivity contribution in [3.05, 3.63) is 88.4 Å². The average molecular weight is 680 g/mol. The number of carbonyl (C=O) groups is 2. The van der Waals surface area contributed by atoms with Crippen LogP contribution in [0.1, 0.15) is 55.7 Å². The van der Waals surface area contributed by atoms with Gasteiger partial charge in [-0.15, -0.1) is 0 Å². The molecule has 0 spiro atoms. The maximum atomic E-state index is 14.2. The first kappa shape index (κ1) is 35.1. The fourth-order valence-corrected chi connectivity index (χ4v) is 7.10. The van der Waals surface area contributed by atoms with Crippen LogP contribution in [0, 0.1) is 6.92 Å². The molecule has 248 valence electrons. The Morgan fingerprint density at radius 1 is 1.02 bits per heavy atom. The standard InChI is InChI=1S/C33H37ClF3N3O5S/c1-4-30(32(42)38-24-7-5-6-8-24)39(20-23-11-14-26(45-3)15-12-23)31(41)21-40(46(43,44)27-16-9-22(2)10-17-27)25-13-18-29(34)28(19-25)33(35,36)37/h9-19,24,30H,4-8,20-21H2,1-3H3,(H,38,42)/t30-/m1/s1. The lowest BCUT2D eigenvalue weighted by molar-refractivity contribution is -0.140. The second kappa shape index (κ2) is 14.8. The van der Waals surface area contributed by atoms with Crippen LogP contribution in [-0.4, -0.2) is 50.9 Å². The summed E-state index contributed by atoms with van der Waals surface area (Å²) >= 11 is 5.85. The summed E-state index contributed by atoms with van der Waals surface area (Å²) in [6.45, 7) is 2.55. The molecule has 0 aromatic heterocycles. The van der Waals surface area contributed by atoms with E-state index >= 15 is 0 Å². The smallest absolute Gasteiger partial charge is 0.417 e. The maximum absolute atomic E-state index is 14.2. The molecule has 3 aromatic carbocycles. The molecule has 1 fully saturated rings. The molecule has 0 radical (unpaired) electrons. The normalized spacial score (nSPS) is 14.5. The van der Waals surface area contributed by atoms with Gasteiger partial charge >= 0.3 is 6.18 Å². The fraction of sp³-hybridized carbons (Fsp3) is 0.394. The summed E-state index contributed by atoms with van der Waals surface area (Å²) in [7, 11) is -3.06. The van der Waals surface area contributed by atoms with Crippen LogP contribution in [0.3, 0.4) is 0 Å². The molecule has 1 N–H and O–H groups in total. The van der Waals surface area contributed by atoms with E-state index in [0.717, 1.165) is 43.4 Å². The number of nitrogens with zero attached hydrogens (tertiary/aromatic N) is 2. The van der Waals surface area contributed by atoms with Gasteiger partial charge in [0.25, 0.3) is 10.0 Å². The fourth-order valence-electron chi connectivity index (χ4n) is 5.47. The molecule has 0 aliphatic heterocycles. The first-order valence-electron chi connectivity index (χ1n) is 14.9. The summed E-state index contributed by atoms with van der Waals surface area (Å²) < 4.78 is 75.5. The molecule has 1 atom stereocenters. The molecule has 0 bridgehead atoms.